The average molecular weight is 828 g/mol. The molecule has 3 saturated carbocycles. The fourth-order valence-electron chi connectivity index (χ4n) is 12.9. The van der Waals surface area contributed by atoms with Crippen molar-refractivity contribution in [2.45, 2.75) is 111 Å². The van der Waals surface area contributed by atoms with Gasteiger partial charge in [0.2, 0.25) is 5.78 Å². The van der Waals surface area contributed by atoms with E-state index >= 15 is 9.59 Å². The van der Waals surface area contributed by atoms with Crippen molar-refractivity contribution in [3.8, 4) is 0 Å². The molecule has 0 heterocycles. The number of allylic oxidation sites excluding steroid dienone is 1. The molecule has 0 N–H and O–H groups in total. The topological polar surface area (TPSA) is 43.4 Å². The Morgan fingerprint density at radius 2 is 1.32 bits per heavy atom. The summed E-state index contributed by atoms with van der Waals surface area (Å²) in [4.78, 5) is 30.7. The quantitative estimate of drug-likeness (QED) is 0.0470. The first-order valence-corrected chi connectivity index (χ1v) is 24.8. The number of carbonyl (C=O) groups is 2. The number of benzene rings is 4. The van der Waals surface area contributed by atoms with E-state index in [0.29, 0.717) is 21.9 Å². The van der Waals surface area contributed by atoms with Crippen LogP contribution in [0, 0.1) is 46.3 Å². The zero-order valence-corrected chi connectivity index (χ0v) is 37.6. The number of ether oxygens (including phenoxy) is 1. The van der Waals surface area contributed by atoms with Gasteiger partial charge in [-0.3, -0.25) is 4.79 Å². The molecule has 0 bridgehead atoms. The van der Waals surface area contributed by atoms with E-state index < -0.39 is 12.9 Å². The zero-order valence-electron chi connectivity index (χ0n) is 35.9. The van der Waals surface area contributed by atoms with Crippen LogP contribution in [0.5, 0.6) is 0 Å². The van der Waals surface area contributed by atoms with Gasteiger partial charge in [0.15, 0.2) is 0 Å². The molecular weight excluding hydrogens is 763 g/mol. The van der Waals surface area contributed by atoms with Crippen LogP contribution in [0.2, 0.25) is 5.02 Å². The maximum absolute atomic E-state index is 15.4. The second-order valence-corrected chi connectivity index (χ2v) is 23.1. The monoisotopic (exact) mass is 826 g/mol. The number of rotatable bonds is 12. The summed E-state index contributed by atoms with van der Waals surface area (Å²) < 4.78 is 6.76. The van der Waals surface area contributed by atoms with Crippen LogP contribution in [-0.4, -0.2) is 23.2 Å². The Kier molecular flexibility index (Phi) is 12.4. The van der Waals surface area contributed by atoms with Gasteiger partial charge in [-0.05, 0) is 126 Å². The number of esters is 1. The summed E-state index contributed by atoms with van der Waals surface area (Å²) in [5.74, 6) is 3.72. The molecule has 0 spiro atoms. The first-order chi connectivity index (χ1) is 28.5. The summed E-state index contributed by atoms with van der Waals surface area (Å²) in [6.45, 7) is 9.37. The molecule has 8 rings (SSSR count). The first-order valence-electron chi connectivity index (χ1n) is 22.6. The number of hydrogen-bond acceptors (Lipinski definition) is 3. The maximum atomic E-state index is 15.4. The van der Waals surface area contributed by atoms with Crippen molar-refractivity contribution >= 4 is 51.4 Å². The third kappa shape index (κ3) is 7.67. The summed E-state index contributed by atoms with van der Waals surface area (Å²) >= 11 is 6.81. The lowest BCUT2D eigenvalue weighted by molar-refractivity contribution is -0.142. The molecule has 0 saturated heterocycles. The van der Waals surface area contributed by atoms with Crippen LogP contribution in [0.15, 0.2) is 127 Å². The van der Waals surface area contributed by atoms with Crippen molar-refractivity contribution in [1.82, 2.24) is 0 Å². The summed E-state index contributed by atoms with van der Waals surface area (Å²) in [7, 11) is 0. The number of Topliss-reactive ketones (excluding diaryl/α,β-unsaturated/α-hetero) is 1. The molecule has 5 heteroatoms. The van der Waals surface area contributed by atoms with E-state index in [2.05, 4.69) is 77.1 Å². The predicted molar refractivity (Wildman–Crippen MR) is 249 cm³/mol. The fraction of sp³-hybridized carbons (Fsp3) is 0.463. The number of carbonyl (C=O) groups excluding carboxylic acids is 2. The Bertz CT molecular complexity index is 2110. The predicted octanol–water partition coefficient (Wildman–Crippen LogP) is 12.6. The molecule has 8 atom stereocenters. The van der Waals surface area contributed by atoms with Crippen LogP contribution in [-0.2, 0) is 9.53 Å². The Morgan fingerprint density at radius 3 is 1.92 bits per heavy atom. The van der Waals surface area contributed by atoms with Gasteiger partial charge < -0.3 is 4.74 Å². The molecule has 310 valence electrons. The standard InChI is InChI=1S/C54H64ClO3P/c1-37(2)18-17-19-38(3)46-30-31-47-44-29-28-39-36-40(32-34-53(39,4)48(44)33-35-54(46,47)5)58-52(57)51(50(56)45-26-15-16-27-49(45)55)59(41-20-9-6-10-21-41,42-22-11-7-12-23-42)43-24-13-8-14-25-43/h6-16,20-28,37-38,40,44,46-48H,17-19,29-36H2,1-5H3. The van der Waals surface area contributed by atoms with E-state index in [9.17, 15) is 0 Å². The zero-order chi connectivity index (χ0) is 41.4. The van der Waals surface area contributed by atoms with Crippen LogP contribution < -0.4 is 15.9 Å². The fourth-order valence-corrected chi connectivity index (χ4v) is 17.4. The average Bonchev–Trinajstić information content (AvgIpc) is 3.61. The van der Waals surface area contributed by atoms with Crippen LogP contribution >= 0.6 is 18.5 Å². The maximum Gasteiger partial charge on any atom is 0.343 e. The molecule has 3 fully saturated rings. The Labute approximate surface area is 359 Å². The summed E-state index contributed by atoms with van der Waals surface area (Å²) in [5, 5.41) is 3.26. The summed E-state index contributed by atoms with van der Waals surface area (Å²) in [6, 6.07) is 37.4. The molecule has 0 radical (unpaired) electrons. The van der Waals surface area contributed by atoms with Gasteiger partial charge >= 0.3 is 5.97 Å². The normalized spacial score (nSPS) is 28.1. The molecule has 4 aromatic rings. The molecule has 4 aliphatic rings. The van der Waals surface area contributed by atoms with Crippen LogP contribution in [0.1, 0.15) is 116 Å². The number of halogens is 1. The molecule has 8 unspecified atom stereocenters. The van der Waals surface area contributed by atoms with E-state index in [-0.39, 0.29) is 22.6 Å². The number of hydrogen-bond donors (Lipinski definition) is 0. The second-order valence-electron chi connectivity index (χ2n) is 19.4. The SMILES string of the molecule is CC(C)CCCC(C)C1CCC2C3CC=C4CC(OC(=O)C(C(=O)c5ccccc5Cl)=P(c5ccccc5)(c5ccccc5)c5ccccc5)CCC4(C)C3CCC12C. The lowest BCUT2D eigenvalue weighted by Gasteiger charge is -2.58. The summed E-state index contributed by atoms with van der Waals surface area (Å²) in [5.41, 5.74) is 2.34. The van der Waals surface area contributed by atoms with E-state index in [1.54, 1.807) is 12.1 Å². The van der Waals surface area contributed by atoms with Gasteiger partial charge in [-0.1, -0.05) is 180 Å². The minimum Gasteiger partial charge on any atom is -0.458 e. The molecule has 4 aromatic carbocycles. The summed E-state index contributed by atoms with van der Waals surface area (Å²) in [6.07, 6.45) is 15.4. The smallest absolute Gasteiger partial charge is 0.343 e. The van der Waals surface area contributed by atoms with Gasteiger partial charge in [0, 0.05) is 12.0 Å². The highest BCUT2D eigenvalue weighted by Crippen LogP contribution is 2.67. The van der Waals surface area contributed by atoms with Gasteiger partial charge in [0.25, 0.3) is 0 Å². The minimum atomic E-state index is -3.11. The van der Waals surface area contributed by atoms with E-state index in [0.717, 1.165) is 71.2 Å². The van der Waals surface area contributed by atoms with Crippen molar-refractivity contribution in [2.24, 2.45) is 46.3 Å². The lowest BCUT2D eigenvalue weighted by atomic mass is 9.47. The molecule has 0 amide bonds. The van der Waals surface area contributed by atoms with Crippen molar-refractivity contribution in [3.05, 3.63) is 137 Å². The van der Waals surface area contributed by atoms with Gasteiger partial charge in [-0.25, -0.2) is 4.79 Å². The van der Waals surface area contributed by atoms with Crippen molar-refractivity contribution < 1.29 is 14.3 Å². The first kappa shape index (κ1) is 42.1. The van der Waals surface area contributed by atoms with Crippen molar-refractivity contribution in [3.63, 3.8) is 0 Å². The minimum absolute atomic E-state index is 0.114. The highest BCUT2D eigenvalue weighted by molar-refractivity contribution is 7.97. The number of fused-ring (bicyclic) bond motifs is 5. The van der Waals surface area contributed by atoms with Gasteiger partial charge in [0.05, 0.1) is 5.02 Å². The van der Waals surface area contributed by atoms with E-state index in [1.165, 1.54) is 50.5 Å². The van der Waals surface area contributed by atoms with Crippen LogP contribution in [0.4, 0.5) is 0 Å². The van der Waals surface area contributed by atoms with E-state index in [4.69, 9.17) is 16.3 Å². The lowest BCUT2D eigenvalue weighted by Crippen LogP contribution is -2.51. The molecular formula is C54H64ClO3P. The Morgan fingerprint density at radius 1 is 0.729 bits per heavy atom. The van der Waals surface area contributed by atoms with Crippen LogP contribution in [0.25, 0.3) is 0 Å². The molecule has 59 heavy (non-hydrogen) atoms. The van der Waals surface area contributed by atoms with Crippen LogP contribution in [0.3, 0.4) is 0 Å². The Hall–Kier alpha value is -3.65. The molecule has 4 aliphatic carbocycles. The highest BCUT2D eigenvalue weighted by atomic mass is 35.5. The van der Waals surface area contributed by atoms with E-state index in [1.807, 2.05) is 66.7 Å². The third-order valence-electron chi connectivity index (χ3n) is 15.8. The van der Waals surface area contributed by atoms with Crippen molar-refractivity contribution in [2.75, 3.05) is 0 Å². The Balaban J connectivity index is 1.14. The third-order valence-corrected chi connectivity index (χ3v) is 20.4. The van der Waals surface area contributed by atoms with Gasteiger partial charge in [-0.15, -0.1) is 0 Å². The molecule has 0 aromatic heterocycles. The highest BCUT2D eigenvalue weighted by Gasteiger charge is 2.59. The molecule has 3 nitrogen and oxygen atoms in total. The second kappa shape index (κ2) is 17.4. The largest absolute Gasteiger partial charge is 0.458 e. The van der Waals surface area contributed by atoms with Gasteiger partial charge in [0.1, 0.15) is 11.4 Å². The van der Waals surface area contributed by atoms with Crippen molar-refractivity contribution in [1.29, 1.82) is 0 Å². The molecule has 0 aliphatic heterocycles. The van der Waals surface area contributed by atoms with Gasteiger partial charge in [-0.2, -0.15) is 0 Å². The number of ketones is 1.